The Kier molecular flexibility index (Phi) is 4.37. The van der Waals surface area contributed by atoms with Crippen LogP contribution in [0.1, 0.15) is 42.5 Å². The lowest BCUT2D eigenvalue weighted by Crippen LogP contribution is -2.17. The highest BCUT2D eigenvalue weighted by Gasteiger charge is 2.22. The van der Waals surface area contributed by atoms with Gasteiger partial charge in [0.05, 0.1) is 11.4 Å². The van der Waals surface area contributed by atoms with E-state index in [1.54, 1.807) is 10.7 Å². The molecule has 1 heterocycles. The number of hydrogen-bond donors (Lipinski definition) is 1. The molecule has 0 spiro atoms. The molecule has 5 heteroatoms. The first-order valence-electron chi connectivity index (χ1n) is 7.33. The fourth-order valence-electron chi connectivity index (χ4n) is 2.27. The molecule has 1 aromatic heterocycles. The Morgan fingerprint density at radius 1 is 1.27 bits per heavy atom. The van der Waals surface area contributed by atoms with Crippen molar-refractivity contribution < 1.29 is 4.79 Å². The molecular formula is C17H24N4O. The maximum Gasteiger partial charge on any atom is 0.267 e. The van der Waals surface area contributed by atoms with E-state index in [9.17, 15) is 4.79 Å². The maximum atomic E-state index is 11.8. The van der Waals surface area contributed by atoms with Crippen molar-refractivity contribution >= 4 is 5.91 Å². The van der Waals surface area contributed by atoms with Gasteiger partial charge in [0.1, 0.15) is 5.69 Å². The van der Waals surface area contributed by atoms with Gasteiger partial charge in [-0.05, 0) is 37.9 Å². The van der Waals surface area contributed by atoms with Crippen LogP contribution in [0.3, 0.4) is 0 Å². The van der Waals surface area contributed by atoms with Crippen molar-refractivity contribution in [3.05, 3.63) is 47.3 Å². The minimum absolute atomic E-state index is 0.142. The van der Waals surface area contributed by atoms with Crippen LogP contribution in [-0.4, -0.2) is 34.7 Å². The van der Waals surface area contributed by atoms with Gasteiger partial charge in [-0.1, -0.05) is 32.9 Å². The number of carbonyl (C=O) groups excluding carboxylic acids is 1. The molecule has 22 heavy (non-hydrogen) atoms. The molecule has 0 fully saturated rings. The smallest absolute Gasteiger partial charge is 0.267 e. The van der Waals surface area contributed by atoms with E-state index in [2.05, 4.69) is 36.8 Å². The molecule has 0 unspecified atom stereocenters. The molecule has 118 valence electrons. The first-order valence-corrected chi connectivity index (χ1v) is 7.33. The molecule has 1 amide bonds. The third-order valence-corrected chi connectivity index (χ3v) is 3.38. The quantitative estimate of drug-likeness (QED) is 0.942. The fourth-order valence-corrected chi connectivity index (χ4v) is 2.27. The first kappa shape index (κ1) is 16.2. The Hall–Kier alpha value is -2.14. The molecule has 0 radical (unpaired) electrons. The van der Waals surface area contributed by atoms with E-state index in [0.717, 1.165) is 23.5 Å². The first-order chi connectivity index (χ1) is 10.2. The summed E-state index contributed by atoms with van der Waals surface area (Å²) in [6, 6.07) is 9.77. The van der Waals surface area contributed by atoms with Crippen molar-refractivity contribution in [1.29, 1.82) is 0 Å². The molecular weight excluding hydrogens is 276 g/mol. The highest BCUT2D eigenvalue weighted by atomic mass is 16.1. The van der Waals surface area contributed by atoms with Gasteiger partial charge in [0.25, 0.3) is 5.91 Å². The molecule has 5 nitrogen and oxygen atoms in total. The Balaban J connectivity index is 2.52. The molecule has 0 aliphatic heterocycles. The zero-order valence-electron chi connectivity index (χ0n) is 13.9. The highest BCUT2D eigenvalue weighted by Crippen LogP contribution is 2.24. The summed E-state index contributed by atoms with van der Waals surface area (Å²) < 4.78 is 1.64. The third-order valence-electron chi connectivity index (χ3n) is 3.38. The lowest BCUT2D eigenvalue weighted by atomic mass is 9.92. The van der Waals surface area contributed by atoms with Crippen molar-refractivity contribution in [3.8, 4) is 5.69 Å². The van der Waals surface area contributed by atoms with Crippen molar-refractivity contribution in [2.45, 2.75) is 32.7 Å². The van der Waals surface area contributed by atoms with Crippen LogP contribution in [0.4, 0.5) is 0 Å². The maximum absolute atomic E-state index is 11.8. The molecule has 0 aliphatic rings. The minimum Gasteiger partial charge on any atom is -0.364 e. The standard InChI is InChI=1S/C17H24N4O/c1-17(2,3)15-10-14(16(18)22)21(19-15)13-8-6-7-12(9-13)11-20(4)5/h6-10H,11H2,1-5H3,(H2,18,22). The van der Waals surface area contributed by atoms with Gasteiger partial charge in [-0.2, -0.15) is 5.10 Å². The Morgan fingerprint density at radius 2 is 1.95 bits per heavy atom. The van der Waals surface area contributed by atoms with Gasteiger partial charge in [0, 0.05) is 12.0 Å². The summed E-state index contributed by atoms with van der Waals surface area (Å²) in [5.41, 5.74) is 8.64. The Labute approximate surface area is 131 Å². The summed E-state index contributed by atoms with van der Waals surface area (Å²) in [6.07, 6.45) is 0. The molecule has 0 aliphatic carbocycles. The van der Waals surface area contributed by atoms with Crippen LogP contribution in [0.5, 0.6) is 0 Å². The number of benzene rings is 1. The predicted molar refractivity (Wildman–Crippen MR) is 88.2 cm³/mol. The number of carbonyl (C=O) groups is 1. The third kappa shape index (κ3) is 3.54. The van der Waals surface area contributed by atoms with E-state index in [-0.39, 0.29) is 5.41 Å². The molecule has 1 aromatic carbocycles. The van der Waals surface area contributed by atoms with E-state index in [0.29, 0.717) is 5.69 Å². The van der Waals surface area contributed by atoms with Crippen LogP contribution >= 0.6 is 0 Å². The summed E-state index contributed by atoms with van der Waals surface area (Å²) in [6.45, 7) is 7.01. The van der Waals surface area contributed by atoms with Crippen LogP contribution in [0.2, 0.25) is 0 Å². The Morgan fingerprint density at radius 3 is 2.50 bits per heavy atom. The van der Waals surface area contributed by atoms with Gasteiger partial charge >= 0.3 is 0 Å². The van der Waals surface area contributed by atoms with E-state index in [4.69, 9.17) is 5.73 Å². The second-order valence-electron chi connectivity index (χ2n) is 6.85. The topological polar surface area (TPSA) is 64.2 Å². The van der Waals surface area contributed by atoms with E-state index >= 15 is 0 Å². The van der Waals surface area contributed by atoms with Crippen LogP contribution in [0, 0.1) is 0 Å². The van der Waals surface area contributed by atoms with Gasteiger partial charge in [-0.3, -0.25) is 4.79 Å². The SMILES string of the molecule is CN(C)Cc1cccc(-n2nc(C(C)(C)C)cc2C(N)=O)c1. The number of aromatic nitrogens is 2. The molecule has 0 atom stereocenters. The van der Waals surface area contributed by atoms with Crippen molar-refractivity contribution in [2.24, 2.45) is 5.73 Å². The van der Waals surface area contributed by atoms with Crippen LogP contribution < -0.4 is 5.73 Å². The van der Waals surface area contributed by atoms with Gasteiger partial charge < -0.3 is 10.6 Å². The average molecular weight is 300 g/mol. The number of rotatable bonds is 4. The van der Waals surface area contributed by atoms with Crippen LogP contribution in [0.15, 0.2) is 30.3 Å². The predicted octanol–water partition coefficient (Wildman–Crippen LogP) is 2.33. The summed E-state index contributed by atoms with van der Waals surface area (Å²) in [4.78, 5) is 13.8. The molecule has 2 rings (SSSR count). The number of amides is 1. The van der Waals surface area contributed by atoms with Crippen LogP contribution in [-0.2, 0) is 12.0 Å². The van der Waals surface area contributed by atoms with Crippen molar-refractivity contribution in [1.82, 2.24) is 14.7 Å². The number of primary amides is 1. The number of hydrogen-bond acceptors (Lipinski definition) is 3. The zero-order chi connectivity index (χ0) is 16.5. The Bertz CT molecular complexity index is 680. The lowest BCUT2D eigenvalue weighted by Gasteiger charge is -2.14. The minimum atomic E-state index is -0.471. The van der Waals surface area contributed by atoms with E-state index in [1.807, 2.05) is 32.3 Å². The fraction of sp³-hybridized carbons (Fsp3) is 0.412. The van der Waals surface area contributed by atoms with Gasteiger partial charge in [0.2, 0.25) is 0 Å². The molecule has 0 saturated heterocycles. The largest absolute Gasteiger partial charge is 0.364 e. The van der Waals surface area contributed by atoms with Gasteiger partial charge in [-0.25, -0.2) is 4.68 Å². The normalized spacial score (nSPS) is 11.9. The average Bonchev–Trinajstić information content (AvgIpc) is 2.83. The summed E-state index contributed by atoms with van der Waals surface area (Å²) >= 11 is 0. The molecule has 2 aromatic rings. The lowest BCUT2D eigenvalue weighted by molar-refractivity contribution is 0.0993. The van der Waals surface area contributed by atoms with Gasteiger partial charge in [-0.15, -0.1) is 0 Å². The monoisotopic (exact) mass is 300 g/mol. The van der Waals surface area contributed by atoms with Crippen LogP contribution in [0.25, 0.3) is 5.69 Å². The number of nitrogens with two attached hydrogens (primary N) is 1. The molecule has 0 bridgehead atoms. The van der Waals surface area contributed by atoms with E-state index in [1.165, 1.54) is 0 Å². The van der Waals surface area contributed by atoms with Crippen molar-refractivity contribution in [2.75, 3.05) is 14.1 Å². The summed E-state index contributed by atoms with van der Waals surface area (Å²) in [5.74, 6) is -0.471. The molecule has 2 N–H and O–H groups in total. The second kappa shape index (κ2) is 5.93. The number of nitrogens with zero attached hydrogens (tertiary/aromatic N) is 3. The van der Waals surface area contributed by atoms with E-state index < -0.39 is 5.91 Å². The highest BCUT2D eigenvalue weighted by molar-refractivity contribution is 5.91. The summed E-state index contributed by atoms with van der Waals surface area (Å²) in [5, 5.41) is 4.60. The van der Waals surface area contributed by atoms with Crippen molar-refractivity contribution in [3.63, 3.8) is 0 Å². The second-order valence-corrected chi connectivity index (χ2v) is 6.85. The summed E-state index contributed by atoms with van der Waals surface area (Å²) in [7, 11) is 4.04. The molecule has 0 saturated carbocycles. The van der Waals surface area contributed by atoms with Gasteiger partial charge in [0.15, 0.2) is 0 Å². The zero-order valence-corrected chi connectivity index (χ0v) is 13.9.